The maximum absolute atomic E-state index is 13.1. The van der Waals surface area contributed by atoms with Crippen molar-refractivity contribution in [1.82, 2.24) is 14.5 Å². The van der Waals surface area contributed by atoms with Crippen LogP contribution in [0.4, 0.5) is 0 Å². The number of nitrogens with one attached hydrogen (secondary N) is 1. The first kappa shape index (κ1) is 23.7. The van der Waals surface area contributed by atoms with Gasteiger partial charge in [-0.3, -0.25) is 9.69 Å². The average molecular weight is 474 g/mol. The van der Waals surface area contributed by atoms with E-state index in [-0.39, 0.29) is 22.4 Å². The van der Waals surface area contributed by atoms with Crippen molar-refractivity contribution in [3.63, 3.8) is 0 Å². The summed E-state index contributed by atoms with van der Waals surface area (Å²) in [7, 11) is -2.08. The second-order valence-electron chi connectivity index (χ2n) is 8.35. The number of amides is 1. The summed E-state index contributed by atoms with van der Waals surface area (Å²) in [6, 6.07) is 14.4. The summed E-state index contributed by atoms with van der Waals surface area (Å²) in [5.41, 5.74) is 1.34. The van der Waals surface area contributed by atoms with Crippen molar-refractivity contribution in [2.45, 2.75) is 30.3 Å². The summed E-state index contributed by atoms with van der Waals surface area (Å²) in [6.45, 7) is 3.80. The summed E-state index contributed by atoms with van der Waals surface area (Å²) < 4.78 is 38.4. The Morgan fingerprint density at radius 2 is 1.70 bits per heavy atom. The quantitative estimate of drug-likeness (QED) is 0.663. The molecule has 2 heterocycles. The van der Waals surface area contributed by atoms with E-state index < -0.39 is 10.0 Å². The van der Waals surface area contributed by atoms with Crippen LogP contribution < -0.4 is 10.1 Å². The van der Waals surface area contributed by atoms with Crippen LogP contribution in [-0.4, -0.2) is 76.1 Å². The number of rotatable bonds is 7. The average Bonchev–Trinajstić information content (AvgIpc) is 2.86. The highest BCUT2D eigenvalue weighted by Gasteiger charge is 2.31. The SMILES string of the molecule is COc1ccccc1CN1CCC(NC(=O)c2ccccc2S(=O)(=O)N2CCOCC2)CC1. The highest BCUT2D eigenvalue weighted by molar-refractivity contribution is 7.89. The van der Waals surface area contributed by atoms with Gasteiger partial charge in [0.25, 0.3) is 5.91 Å². The lowest BCUT2D eigenvalue weighted by Gasteiger charge is -2.33. The maximum Gasteiger partial charge on any atom is 0.252 e. The summed E-state index contributed by atoms with van der Waals surface area (Å²) in [4.78, 5) is 15.5. The smallest absolute Gasteiger partial charge is 0.252 e. The van der Waals surface area contributed by atoms with Gasteiger partial charge in [-0.1, -0.05) is 30.3 Å². The number of carbonyl (C=O) groups is 1. The Balaban J connectivity index is 1.38. The molecule has 1 N–H and O–H groups in total. The number of hydrogen-bond acceptors (Lipinski definition) is 6. The van der Waals surface area contributed by atoms with E-state index in [1.807, 2.05) is 18.2 Å². The molecular weight excluding hydrogens is 442 g/mol. The predicted molar refractivity (Wildman–Crippen MR) is 125 cm³/mol. The van der Waals surface area contributed by atoms with Gasteiger partial charge in [-0.05, 0) is 31.0 Å². The third-order valence-electron chi connectivity index (χ3n) is 6.23. The lowest BCUT2D eigenvalue weighted by molar-refractivity contribution is 0.0729. The summed E-state index contributed by atoms with van der Waals surface area (Å²) in [5, 5.41) is 3.06. The molecule has 0 spiro atoms. The zero-order chi connectivity index (χ0) is 23.3. The molecule has 0 atom stereocenters. The Morgan fingerprint density at radius 3 is 2.42 bits per heavy atom. The zero-order valence-corrected chi connectivity index (χ0v) is 19.7. The van der Waals surface area contributed by atoms with Gasteiger partial charge in [-0.15, -0.1) is 0 Å². The fraction of sp³-hybridized carbons (Fsp3) is 0.458. The predicted octanol–water partition coefficient (Wildman–Crippen LogP) is 2.11. The number of ether oxygens (including phenoxy) is 2. The summed E-state index contributed by atoms with van der Waals surface area (Å²) in [6.07, 6.45) is 1.61. The van der Waals surface area contributed by atoms with E-state index >= 15 is 0 Å². The van der Waals surface area contributed by atoms with Gasteiger partial charge in [0.15, 0.2) is 0 Å². The first-order valence-corrected chi connectivity index (χ1v) is 12.7. The van der Waals surface area contributed by atoms with Crippen molar-refractivity contribution in [1.29, 1.82) is 0 Å². The lowest BCUT2D eigenvalue weighted by atomic mass is 10.0. The largest absolute Gasteiger partial charge is 0.496 e. The minimum absolute atomic E-state index is 0.00515. The standard InChI is InChI=1S/C24H31N3O5S/c1-31-22-8-4-2-6-19(22)18-26-12-10-20(11-13-26)25-24(28)21-7-3-5-9-23(21)33(29,30)27-14-16-32-17-15-27/h2-9,20H,10-18H2,1H3,(H,25,28). The van der Waals surface area contributed by atoms with Crippen molar-refractivity contribution in [2.24, 2.45) is 0 Å². The van der Waals surface area contributed by atoms with Gasteiger partial charge in [-0.2, -0.15) is 4.31 Å². The van der Waals surface area contributed by atoms with Crippen LogP contribution in [0.1, 0.15) is 28.8 Å². The van der Waals surface area contributed by atoms with E-state index in [1.54, 1.807) is 25.3 Å². The van der Waals surface area contributed by atoms with E-state index in [4.69, 9.17) is 9.47 Å². The van der Waals surface area contributed by atoms with E-state index in [1.165, 1.54) is 10.4 Å². The molecule has 4 rings (SSSR count). The van der Waals surface area contributed by atoms with E-state index in [9.17, 15) is 13.2 Å². The number of hydrogen-bond donors (Lipinski definition) is 1. The van der Waals surface area contributed by atoms with Crippen molar-refractivity contribution >= 4 is 15.9 Å². The van der Waals surface area contributed by atoms with Gasteiger partial charge < -0.3 is 14.8 Å². The molecule has 0 saturated carbocycles. The molecule has 33 heavy (non-hydrogen) atoms. The molecule has 2 saturated heterocycles. The van der Waals surface area contributed by atoms with E-state index in [0.717, 1.165) is 43.8 Å². The van der Waals surface area contributed by atoms with Crippen LogP contribution in [0.25, 0.3) is 0 Å². The number of sulfonamides is 1. The number of morpholine rings is 1. The number of para-hydroxylation sites is 1. The molecule has 2 aromatic rings. The van der Waals surface area contributed by atoms with Crippen molar-refractivity contribution in [3.05, 3.63) is 59.7 Å². The fourth-order valence-electron chi connectivity index (χ4n) is 4.38. The molecule has 8 nitrogen and oxygen atoms in total. The van der Waals surface area contributed by atoms with Crippen molar-refractivity contribution in [3.8, 4) is 5.75 Å². The van der Waals surface area contributed by atoms with E-state index in [0.29, 0.717) is 26.3 Å². The highest BCUT2D eigenvalue weighted by Crippen LogP contribution is 2.23. The van der Waals surface area contributed by atoms with Crippen LogP contribution in [-0.2, 0) is 21.3 Å². The Hall–Kier alpha value is -2.46. The minimum Gasteiger partial charge on any atom is -0.496 e. The van der Waals surface area contributed by atoms with Crippen LogP contribution in [0.2, 0.25) is 0 Å². The molecule has 0 bridgehead atoms. The molecular formula is C24H31N3O5S. The lowest BCUT2D eigenvalue weighted by Crippen LogP contribution is -2.45. The van der Waals surface area contributed by atoms with Gasteiger partial charge in [0.05, 0.1) is 30.8 Å². The Labute approximate surface area is 195 Å². The van der Waals surface area contributed by atoms with Crippen molar-refractivity contribution < 1.29 is 22.7 Å². The van der Waals surface area contributed by atoms with Gasteiger partial charge >= 0.3 is 0 Å². The summed E-state index contributed by atoms with van der Waals surface area (Å²) >= 11 is 0. The third-order valence-corrected chi connectivity index (χ3v) is 8.19. The summed E-state index contributed by atoms with van der Waals surface area (Å²) in [5.74, 6) is 0.539. The fourth-order valence-corrected chi connectivity index (χ4v) is 5.98. The number of carbonyl (C=O) groups excluding carboxylic acids is 1. The van der Waals surface area contributed by atoms with Crippen LogP contribution in [0.3, 0.4) is 0 Å². The van der Waals surface area contributed by atoms with Crippen LogP contribution in [0, 0.1) is 0 Å². The number of nitrogens with zero attached hydrogens (tertiary/aromatic N) is 2. The second kappa shape index (κ2) is 10.6. The normalized spacial score (nSPS) is 18.7. The molecule has 2 aliphatic rings. The molecule has 0 aliphatic carbocycles. The van der Waals surface area contributed by atoms with Gasteiger partial charge in [-0.25, -0.2) is 8.42 Å². The number of piperidine rings is 1. The van der Waals surface area contributed by atoms with Crippen molar-refractivity contribution in [2.75, 3.05) is 46.5 Å². The first-order valence-electron chi connectivity index (χ1n) is 11.3. The molecule has 9 heteroatoms. The zero-order valence-electron chi connectivity index (χ0n) is 18.9. The monoisotopic (exact) mass is 473 g/mol. The minimum atomic E-state index is -3.76. The topological polar surface area (TPSA) is 88.2 Å². The molecule has 178 valence electrons. The molecule has 1 amide bonds. The molecule has 2 fully saturated rings. The Kier molecular flexibility index (Phi) is 7.64. The molecule has 0 radical (unpaired) electrons. The molecule has 0 unspecified atom stereocenters. The number of methoxy groups -OCH3 is 1. The van der Waals surface area contributed by atoms with Crippen LogP contribution in [0.15, 0.2) is 53.4 Å². The maximum atomic E-state index is 13.1. The molecule has 0 aromatic heterocycles. The second-order valence-corrected chi connectivity index (χ2v) is 10.3. The van der Waals surface area contributed by atoms with Crippen LogP contribution >= 0.6 is 0 Å². The van der Waals surface area contributed by atoms with E-state index in [2.05, 4.69) is 16.3 Å². The van der Waals surface area contributed by atoms with Crippen LogP contribution in [0.5, 0.6) is 5.75 Å². The van der Waals surface area contributed by atoms with Gasteiger partial charge in [0.1, 0.15) is 5.75 Å². The highest BCUT2D eigenvalue weighted by atomic mass is 32.2. The Bertz CT molecular complexity index is 1060. The number of benzene rings is 2. The van der Waals surface area contributed by atoms with Gasteiger partial charge in [0.2, 0.25) is 10.0 Å². The third kappa shape index (κ3) is 5.55. The molecule has 2 aromatic carbocycles. The molecule has 2 aliphatic heterocycles. The number of likely N-dealkylation sites (tertiary alicyclic amines) is 1. The first-order chi connectivity index (χ1) is 16.0. The van der Waals surface area contributed by atoms with Gasteiger partial charge in [0, 0.05) is 44.3 Å². The Morgan fingerprint density at radius 1 is 1.03 bits per heavy atom.